The van der Waals surface area contributed by atoms with Gasteiger partial charge in [-0.05, 0) is 24.6 Å². The van der Waals surface area contributed by atoms with Crippen LogP contribution in [0.5, 0.6) is 5.75 Å². The topological polar surface area (TPSA) is 18.1 Å². The second-order valence-corrected chi connectivity index (χ2v) is 5.63. The average molecular weight is 252 g/mol. The van der Waals surface area contributed by atoms with Crippen LogP contribution in [-0.2, 0) is 6.42 Å². The largest absolute Gasteiger partial charge is 0.488 e. The third-order valence-electron chi connectivity index (χ3n) is 3.32. The molecule has 0 aliphatic rings. The van der Waals surface area contributed by atoms with Gasteiger partial charge in [-0.25, -0.2) is 0 Å². The van der Waals surface area contributed by atoms with Crippen molar-refractivity contribution in [3.05, 3.63) is 29.8 Å². The fourth-order valence-electron chi connectivity index (χ4n) is 1.65. The molecule has 0 unspecified atom stereocenters. The van der Waals surface area contributed by atoms with E-state index in [0.29, 0.717) is 6.04 Å². The normalized spacial score (nSPS) is 13.1. The molecule has 0 aliphatic heterocycles. The highest BCUT2D eigenvalue weighted by atomic mass is 16.5. The van der Waals surface area contributed by atoms with Gasteiger partial charge in [-0.2, -0.15) is 0 Å². The summed E-state index contributed by atoms with van der Waals surface area (Å²) in [6.45, 7) is 4.09. The second-order valence-electron chi connectivity index (χ2n) is 5.63. The first kappa shape index (κ1) is 15.0. The summed E-state index contributed by atoms with van der Waals surface area (Å²) >= 11 is 0. The minimum Gasteiger partial charge on any atom is -0.488 e. The van der Waals surface area contributed by atoms with Gasteiger partial charge in [0.2, 0.25) is 0 Å². The number of nitrogens with one attached hydrogen (secondary N) is 2. The fraction of sp³-hybridized carbons (Fsp3) is 0.600. The van der Waals surface area contributed by atoms with E-state index < -0.39 is 0 Å². The van der Waals surface area contributed by atoms with E-state index in [1.807, 2.05) is 0 Å². The quantitative estimate of drug-likeness (QED) is 0.656. The van der Waals surface area contributed by atoms with Crippen LogP contribution in [0.4, 0.5) is 0 Å². The number of ether oxygens (including phenoxy) is 1. The molecule has 0 fully saturated rings. The van der Waals surface area contributed by atoms with Crippen molar-refractivity contribution < 1.29 is 14.5 Å². The van der Waals surface area contributed by atoms with Gasteiger partial charge in [0.1, 0.15) is 18.9 Å². The Kier molecular flexibility index (Phi) is 6.16. The fourth-order valence-corrected chi connectivity index (χ4v) is 1.65. The third kappa shape index (κ3) is 5.52. The smallest absolute Gasteiger partial charge is 0.137 e. The predicted molar refractivity (Wildman–Crippen MR) is 75.6 cm³/mol. The monoisotopic (exact) mass is 252 g/mol. The molecule has 3 heteroatoms. The van der Waals surface area contributed by atoms with Crippen LogP contribution < -0.4 is 14.5 Å². The first-order valence-electron chi connectivity index (χ1n) is 6.80. The molecule has 0 aliphatic carbocycles. The lowest BCUT2D eigenvalue weighted by atomic mass is 10.1. The Balaban J connectivity index is 2.42. The SMILES string of the molecule is C[C@H](Cc1ccc(OCC[NH+](C)C)cc1)[NH+](C)C. The maximum atomic E-state index is 5.70. The van der Waals surface area contributed by atoms with Crippen molar-refractivity contribution >= 4 is 0 Å². The van der Waals surface area contributed by atoms with Crippen molar-refractivity contribution in [3.8, 4) is 5.75 Å². The standard InChI is InChI=1S/C15H26N2O/c1-13(17(4)5)12-14-6-8-15(9-7-14)18-11-10-16(2)3/h6-9,13H,10-12H2,1-5H3/p+2/t13-/m1/s1. The van der Waals surface area contributed by atoms with Gasteiger partial charge in [0.25, 0.3) is 0 Å². The molecule has 1 aromatic carbocycles. The van der Waals surface area contributed by atoms with E-state index in [4.69, 9.17) is 4.74 Å². The summed E-state index contributed by atoms with van der Waals surface area (Å²) in [6, 6.07) is 9.17. The third-order valence-corrected chi connectivity index (χ3v) is 3.32. The van der Waals surface area contributed by atoms with Crippen molar-refractivity contribution in [1.29, 1.82) is 0 Å². The number of quaternary nitrogens is 2. The summed E-state index contributed by atoms with van der Waals surface area (Å²) in [4.78, 5) is 2.90. The van der Waals surface area contributed by atoms with Gasteiger partial charge in [0.05, 0.1) is 34.2 Å². The molecule has 0 amide bonds. The van der Waals surface area contributed by atoms with Crippen LogP contribution in [0.1, 0.15) is 12.5 Å². The van der Waals surface area contributed by atoms with Gasteiger partial charge in [0, 0.05) is 6.42 Å². The number of hydrogen-bond acceptors (Lipinski definition) is 1. The summed E-state index contributed by atoms with van der Waals surface area (Å²) in [7, 11) is 8.67. The lowest BCUT2D eigenvalue weighted by Crippen LogP contribution is -3.09. The molecule has 0 saturated heterocycles. The molecule has 0 radical (unpaired) electrons. The van der Waals surface area contributed by atoms with Crippen LogP contribution in [0.2, 0.25) is 0 Å². The summed E-state index contributed by atoms with van der Waals surface area (Å²) in [5.74, 6) is 0.977. The van der Waals surface area contributed by atoms with Crippen LogP contribution in [0, 0.1) is 0 Å². The van der Waals surface area contributed by atoms with Gasteiger partial charge in [-0.15, -0.1) is 0 Å². The highest BCUT2D eigenvalue weighted by Crippen LogP contribution is 2.12. The Morgan fingerprint density at radius 3 is 2.17 bits per heavy atom. The zero-order valence-electron chi connectivity index (χ0n) is 12.4. The van der Waals surface area contributed by atoms with Crippen molar-refractivity contribution in [3.63, 3.8) is 0 Å². The first-order valence-corrected chi connectivity index (χ1v) is 6.80. The Morgan fingerprint density at radius 1 is 1.06 bits per heavy atom. The molecule has 3 nitrogen and oxygen atoms in total. The minimum atomic E-state index is 0.647. The number of hydrogen-bond donors (Lipinski definition) is 2. The van der Waals surface area contributed by atoms with E-state index in [1.54, 1.807) is 0 Å². The zero-order valence-corrected chi connectivity index (χ0v) is 12.4. The number of likely N-dealkylation sites (N-methyl/N-ethyl adjacent to an activating group) is 2. The first-order chi connectivity index (χ1) is 8.49. The van der Waals surface area contributed by atoms with Crippen LogP contribution in [-0.4, -0.2) is 47.4 Å². The maximum Gasteiger partial charge on any atom is 0.137 e. The summed E-state index contributed by atoms with van der Waals surface area (Å²) < 4.78 is 5.70. The van der Waals surface area contributed by atoms with Crippen LogP contribution >= 0.6 is 0 Å². The van der Waals surface area contributed by atoms with E-state index in [0.717, 1.165) is 25.3 Å². The molecule has 18 heavy (non-hydrogen) atoms. The molecule has 0 bridgehead atoms. The van der Waals surface area contributed by atoms with Crippen molar-refractivity contribution in [2.24, 2.45) is 0 Å². The van der Waals surface area contributed by atoms with E-state index in [9.17, 15) is 0 Å². The van der Waals surface area contributed by atoms with E-state index in [1.165, 1.54) is 15.4 Å². The second kappa shape index (κ2) is 7.39. The maximum absolute atomic E-state index is 5.70. The number of benzene rings is 1. The van der Waals surface area contributed by atoms with E-state index in [2.05, 4.69) is 59.4 Å². The molecule has 1 aromatic rings. The Labute approximate surface area is 111 Å². The number of rotatable bonds is 7. The van der Waals surface area contributed by atoms with Gasteiger partial charge in [0.15, 0.2) is 0 Å². The predicted octanol–water partition coefficient (Wildman–Crippen LogP) is -0.715. The van der Waals surface area contributed by atoms with Crippen molar-refractivity contribution in [2.75, 3.05) is 41.3 Å². The molecule has 1 rings (SSSR count). The van der Waals surface area contributed by atoms with Crippen LogP contribution in [0.15, 0.2) is 24.3 Å². The lowest BCUT2D eigenvalue weighted by molar-refractivity contribution is -0.883. The van der Waals surface area contributed by atoms with Gasteiger partial charge in [-0.3, -0.25) is 0 Å². The Hall–Kier alpha value is -1.06. The summed E-state index contributed by atoms with van der Waals surface area (Å²) in [5.41, 5.74) is 1.38. The zero-order chi connectivity index (χ0) is 13.5. The summed E-state index contributed by atoms with van der Waals surface area (Å²) in [6.07, 6.45) is 1.12. The highest BCUT2D eigenvalue weighted by molar-refractivity contribution is 5.27. The van der Waals surface area contributed by atoms with Gasteiger partial charge >= 0.3 is 0 Å². The molecular weight excluding hydrogens is 224 g/mol. The van der Waals surface area contributed by atoms with E-state index >= 15 is 0 Å². The average Bonchev–Trinajstić information content (AvgIpc) is 2.30. The minimum absolute atomic E-state index is 0.647. The highest BCUT2D eigenvalue weighted by Gasteiger charge is 2.08. The van der Waals surface area contributed by atoms with Crippen LogP contribution in [0.3, 0.4) is 0 Å². The van der Waals surface area contributed by atoms with Gasteiger partial charge < -0.3 is 14.5 Å². The lowest BCUT2D eigenvalue weighted by Gasteiger charge is -2.17. The molecular formula is C15H28N2O+2. The Morgan fingerprint density at radius 2 is 1.67 bits per heavy atom. The molecule has 0 heterocycles. The Bertz CT molecular complexity index is 333. The molecule has 0 aromatic heterocycles. The van der Waals surface area contributed by atoms with Gasteiger partial charge in [-0.1, -0.05) is 12.1 Å². The molecule has 1 atom stereocenters. The molecule has 0 spiro atoms. The van der Waals surface area contributed by atoms with Crippen molar-refractivity contribution in [1.82, 2.24) is 0 Å². The van der Waals surface area contributed by atoms with Crippen molar-refractivity contribution in [2.45, 2.75) is 19.4 Å². The molecule has 2 N–H and O–H groups in total. The van der Waals surface area contributed by atoms with E-state index in [-0.39, 0.29) is 0 Å². The van der Waals surface area contributed by atoms with Crippen LogP contribution in [0.25, 0.3) is 0 Å². The molecule has 0 saturated carbocycles. The molecule has 102 valence electrons. The summed E-state index contributed by atoms with van der Waals surface area (Å²) in [5, 5.41) is 0.